The molecule has 0 aliphatic carbocycles. The number of aromatic nitrogens is 2. The van der Waals surface area contributed by atoms with Crippen LogP contribution in [0.4, 0.5) is 15.9 Å². The van der Waals surface area contributed by atoms with E-state index < -0.39 is 0 Å². The van der Waals surface area contributed by atoms with E-state index in [1.165, 1.54) is 25.6 Å². The highest BCUT2D eigenvalue weighted by atomic mass is 19.1. The second-order valence-corrected chi connectivity index (χ2v) is 4.11. The molecular formula is C13H15FN4O. The lowest BCUT2D eigenvalue weighted by atomic mass is 10.2. The summed E-state index contributed by atoms with van der Waals surface area (Å²) in [6, 6.07) is 6.40. The number of benzene rings is 1. The van der Waals surface area contributed by atoms with Gasteiger partial charge in [-0.05, 0) is 17.7 Å². The number of ether oxygens (including phenoxy) is 1. The monoisotopic (exact) mass is 262 g/mol. The molecular weight excluding hydrogens is 247 g/mol. The molecule has 0 saturated heterocycles. The number of nitrogens with two attached hydrogens (primary N) is 1. The van der Waals surface area contributed by atoms with Crippen LogP contribution in [0.2, 0.25) is 0 Å². The van der Waals surface area contributed by atoms with Crippen LogP contribution in [0.3, 0.4) is 0 Å². The zero-order valence-corrected chi connectivity index (χ0v) is 10.8. The van der Waals surface area contributed by atoms with Gasteiger partial charge in [0.15, 0.2) is 5.82 Å². The van der Waals surface area contributed by atoms with Gasteiger partial charge < -0.3 is 15.4 Å². The molecule has 1 aromatic carbocycles. The average Bonchev–Trinajstić information content (AvgIpc) is 2.39. The largest absolute Gasteiger partial charge is 0.479 e. The van der Waals surface area contributed by atoms with Gasteiger partial charge in [0.05, 0.1) is 7.11 Å². The minimum absolute atomic E-state index is 0.265. The van der Waals surface area contributed by atoms with Gasteiger partial charge in [-0.3, -0.25) is 0 Å². The maximum Gasteiger partial charge on any atom is 0.242 e. The fraction of sp³-hybridized carbons (Fsp3) is 0.231. The van der Waals surface area contributed by atoms with Crippen molar-refractivity contribution in [1.82, 2.24) is 9.97 Å². The molecule has 0 saturated carbocycles. The summed E-state index contributed by atoms with van der Waals surface area (Å²) in [4.78, 5) is 9.85. The van der Waals surface area contributed by atoms with Gasteiger partial charge in [-0.15, -0.1) is 0 Å². The molecule has 1 aromatic heterocycles. The van der Waals surface area contributed by atoms with E-state index in [0.717, 1.165) is 5.56 Å². The summed E-state index contributed by atoms with van der Waals surface area (Å²) < 4.78 is 18.2. The van der Waals surface area contributed by atoms with E-state index in [1.807, 2.05) is 18.0 Å². The minimum atomic E-state index is -0.265. The first-order valence-corrected chi connectivity index (χ1v) is 5.72. The second-order valence-electron chi connectivity index (χ2n) is 4.11. The number of hydrogen-bond donors (Lipinski definition) is 1. The van der Waals surface area contributed by atoms with E-state index in [0.29, 0.717) is 23.9 Å². The third kappa shape index (κ3) is 2.90. The van der Waals surface area contributed by atoms with Gasteiger partial charge in [0.1, 0.15) is 17.8 Å². The summed E-state index contributed by atoms with van der Waals surface area (Å²) in [5, 5.41) is 0. The molecule has 5 nitrogen and oxygen atoms in total. The van der Waals surface area contributed by atoms with Crippen LogP contribution in [-0.4, -0.2) is 24.1 Å². The normalized spacial score (nSPS) is 10.3. The van der Waals surface area contributed by atoms with E-state index in [-0.39, 0.29) is 5.82 Å². The third-order valence-corrected chi connectivity index (χ3v) is 2.69. The molecule has 0 fully saturated rings. The van der Waals surface area contributed by atoms with Gasteiger partial charge in [0, 0.05) is 13.6 Å². The molecule has 0 aliphatic heterocycles. The number of halogens is 1. The topological polar surface area (TPSA) is 64.3 Å². The van der Waals surface area contributed by atoms with E-state index in [2.05, 4.69) is 9.97 Å². The van der Waals surface area contributed by atoms with Crippen LogP contribution < -0.4 is 15.4 Å². The number of anilines is 2. The Morgan fingerprint density at radius 3 is 2.84 bits per heavy atom. The molecule has 2 aromatic rings. The second kappa shape index (κ2) is 5.51. The zero-order chi connectivity index (χ0) is 13.8. The number of nitrogens with zero attached hydrogens (tertiary/aromatic N) is 3. The zero-order valence-electron chi connectivity index (χ0n) is 10.8. The number of rotatable bonds is 4. The van der Waals surface area contributed by atoms with Crippen LogP contribution in [0.15, 0.2) is 30.6 Å². The van der Waals surface area contributed by atoms with Crippen LogP contribution in [0, 0.1) is 5.82 Å². The van der Waals surface area contributed by atoms with Gasteiger partial charge in [0.25, 0.3) is 0 Å². The first-order chi connectivity index (χ1) is 9.11. The van der Waals surface area contributed by atoms with Crippen LogP contribution >= 0.6 is 0 Å². The quantitative estimate of drug-likeness (QED) is 0.910. The Kier molecular flexibility index (Phi) is 3.79. The van der Waals surface area contributed by atoms with Crippen molar-refractivity contribution in [3.8, 4) is 5.88 Å². The Morgan fingerprint density at radius 2 is 2.16 bits per heavy atom. The highest BCUT2D eigenvalue weighted by Crippen LogP contribution is 2.27. The summed E-state index contributed by atoms with van der Waals surface area (Å²) in [6.07, 6.45) is 1.38. The predicted octanol–water partition coefficient (Wildman–Crippen LogP) is 1.84. The molecule has 2 N–H and O–H groups in total. The molecule has 6 heteroatoms. The minimum Gasteiger partial charge on any atom is -0.479 e. The van der Waals surface area contributed by atoms with Gasteiger partial charge in [-0.2, -0.15) is 4.98 Å². The molecule has 0 atom stereocenters. The summed E-state index contributed by atoms with van der Waals surface area (Å²) >= 11 is 0. The molecule has 0 radical (unpaired) electrons. The van der Waals surface area contributed by atoms with Gasteiger partial charge in [-0.1, -0.05) is 12.1 Å². The smallest absolute Gasteiger partial charge is 0.242 e. The number of methoxy groups -OCH3 is 1. The fourth-order valence-electron chi connectivity index (χ4n) is 1.82. The Balaban J connectivity index is 2.23. The summed E-state index contributed by atoms with van der Waals surface area (Å²) in [6.45, 7) is 0.488. The highest BCUT2D eigenvalue weighted by molar-refractivity contribution is 5.67. The van der Waals surface area contributed by atoms with Crippen molar-refractivity contribution >= 4 is 11.5 Å². The standard InChI is InChI=1S/C13H15FN4O/c1-18(7-9-4-3-5-10(14)6-9)12-11(15)13(19-2)17-8-16-12/h3-6,8H,7,15H2,1-2H3. The van der Waals surface area contributed by atoms with Crippen molar-refractivity contribution in [1.29, 1.82) is 0 Å². The van der Waals surface area contributed by atoms with E-state index in [1.54, 1.807) is 6.07 Å². The maximum atomic E-state index is 13.1. The average molecular weight is 262 g/mol. The molecule has 2 rings (SSSR count). The van der Waals surface area contributed by atoms with E-state index >= 15 is 0 Å². The van der Waals surface area contributed by atoms with Crippen molar-refractivity contribution in [3.63, 3.8) is 0 Å². The molecule has 0 amide bonds. The van der Waals surface area contributed by atoms with Gasteiger partial charge >= 0.3 is 0 Å². The van der Waals surface area contributed by atoms with Gasteiger partial charge in [0.2, 0.25) is 5.88 Å². The number of nitrogen functional groups attached to an aromatic ring is 1. The van der Waals surface area contributed by atoms with Crippen molar-refractivity contribution in [2.45, 2.75) is 6.54 Å². The lowest BCUT2D eigenvalue weighted by Gasteiger charge is -2.20. The number of hydrogen-bond acceptors (Lipinski definition) is 5. The van der Waals surface area contributed by atoms with E-state index in [9.17, 15) is 4.39 Å². The molecule has 0 aliphatic rings. The lowest BCUT2D eigenvalue weighted by Crippen LogP contribution is -2.19. The fourth-order valence-corrected chi connectivity index (χ4v) is 1.82. The first kappa shape index (κ1) is 13.1. The van der Waals surface area contributed by atoms with Crippen molar-refractivity contribution in [2.24, 2.45) is 0 Å². The first-order valence-electron chi connectivity index (χ1n) is 5.72. The SMILES string of the molecule is COc1ncnc(N(C)Cc2cccc(F)c2)c1N. The van der Waals surface area contributed by atoms with Gasteiger partial charge in [-0.25, -0.2) is 9.37 Å². The van der Waals surface area contributed by atoms with Crippen LogP contribution in [0.1, 0.15) is 5.56 Å². The highest BCUT2D eigenvalue weighted by Gasteiger charge is 2.12. The summed E-state index contributed by atoms with van der Waals surface area (Å²) in [7, 11) is 3.32. The molecule has 0 bridgehead atoms. The molecule has 100 valence electrons. The molecule has 19 heavy (non-hydrogen) atoms. The Hall–Kier alpha value is -2.37. The Morgan fingerprint density at radius 1 is 1.37 bits per heavy atom. The van der Waals surface area contributed by atoms with Crippen LogP contribution in [-0.2, 0) is 6.54 Å². The molecule has 0 unspecified atom stereocenters. The molecule has 0 spiro atoms. The summed E-state index contributed by atoms with van der Waals surface area (Å²) in [5.74, 6) is 0.617. The predicted molar refractivity (Wildman–Crippen MR) is 71.5 cm³/mol. The summed E-state index contributed by atoms with van der Waals surface area (Å²) in [5.41, 5.74) is 7.11. The third-order valence-electron chi connectivity index (χ3n) is 2.69. The van der Waals surface area contributed by atoms with Crippen molar-refractivity contribution in [2.75, 3.05) is 24.8 Å². The van der Waals surface area contributed by atoms with Crippen LogP contribution in [0.25, 0.3) is 0 Å². The molecule has 1 heterocycles. The Labute approximate surface area is 110 Å². The Bertz CT molecular complexity index is 576. The maximum absolute atomic E-state index is 13.1. The van der Waals surface area contributed by atoms with Crippen LogP contribution in [0.5, 0.6) is 5.88 Å². The van der Waals surface area contributed by atoms with Crippen molar-refractivity contribution < 1.29 is 9.13 Å². The van der Waals surface area contributed by atoms with Crippen molar-refractivity contribution in [3.05, 3.63) is 42.0 Å². The lowest BCUT2D eigenvalue weighted by molar-refractivity contribution is 0.399. The van der Waals surface area contributed by atoms with E-state index in [4.69, 9.17) is 10.5 Å².